The van der Waals surface area contributed by atoms with Crippen molar-refractivity contribution in [1.82, 2.24) is 19.8 Å². The molecular formula is C28H34F2N4O4S. The largest absolute Gasteiger partial charge is 0.380 e. The minimum absolute atomic E-state index is 0.0615. The van der Waals surface area contributed by atoms with Gasteiger partial charge in [-0.3, -0.25) is 9.59 Å². The predicted molar refractivity (Wildman–Crippen MR) is 143 cm³/mol. The van der Waals surface area contributed by atoms with Crippen LogP contribution in [0.4, 0.5) is 8.78 Å². The minimum atomic E-state index is -0.768. The number of nitrogens with one attached hydrogen (secondary N) is 2. The molecule has 0 aromatic heterocycles. The number of benzene rings is 2. The molecule has 3 fully saturated rings. The molecule has 3 aliphatic rings. The Morgan fingerprint density at radius 3 is 2.23 bits per heavy atom. The molecule has 2 aromatic carbocycles. The van der Waals surface area contributed by atoms with Crippen LogP contribution in [0.25, 0.3) is 0 Å². The number of thiol groups is 1. The number of hydrogen-bond donors (Lipinski definition) is 3. The highest BCUT2D eigenvalue weighted by atomic mass is 32.2. The van der Waals surface area contributed by atoms with Crippen LogP contribution in [-0.2, 0) is 21.4 Å². The number of rotatable bonds is 11. The second-order valence-corrected chi connectivity index (χ2v) is 11.5. The van der Waals surface area contributed by atoms with Crippen molar-refractivity contribution in [1.29, 1.82) is 0 Å². The molecule has 2 aliphatic heterocycles. The number of ether oxygens (including phenoxy) is 1. The molecule has 2 N–H and O–H groups in total. The summed E-state index contributed by atoms with van der Waals surface area (Å²) in [4.78, 5) is 28.4. The van der Waals surface area contributed by atoms with Crippen molar-refractivity contribution in [2.45, 2.75) is 37.3 Å². The van der Waals surface area contributed by atoms with Gasteiger partial charge in [-0.2, -0.15) is 0 Å². The van der Waals surface area contributed by atoms with Crippen molar-refractivity contribution >= 4 is 23.7 Å². The summed E-state index contributed by atoms with van der Waals surface area (Å²) >= 11 is -0.0615. The maximum atomic E-state index is 13.6. The fraction of sp³-hybridized carbons (Fsp3) is 0.500. The molecule has 2 amide bonds. The van der Waals surface area contributed by atoms with Gasteiger partial charge >= 0.3 is 0 Å². The van der Waals surface area contributed by atoms with Gasteiger partial charge in [0.05, 0.1) is 25.1 Å². The number of nitrogens with zero attached hydrogens (tertiary/aromatic N) is 2. The molecule has 11 heteroatoms. The molecule has 210 valence electrons. The lowest BCUT2D eigenvalue weighted by atomic mass is 9.76. The zero-order valence-electron chi connectivity index (χ0n) is 21.7. The molecule has 2 heterocycles. The highest BCUT2D eigenvalue weighted by Gasteiger charge is 2.44. The van der Waals surface area contributed by atoms with Crippen molar-refractivity contribution in [2.75, 3.05) is 45.9 Å². The molecule has 2 saturated heterocycles. The summed E-state index contributed by atoms with van der Waals surface area (Å²) in [7, 11) is 0. The Bertz CT molecular complexity index is 1170. The Kier molecular flexibility index (Phi) is 8.70. The fourth-order valence-corrected chi connectivity index (χ4v) is 5.81. The summed E-state index contributed by atoms with van der Waals surface area (Å²) < 4.78 is 45.1. The van der Waals surface area contributed by atoms with E-state index in [4.69, 9.17) is 4.74 Å². The molecule has 1 aliphatic carbocycles. The molecule has 0 radical (unpaired) electrons. The summed E-state index contributed by atoms with van der Waals surface area (Å²) in [6.07, 6.45) is 2.20. The van der Waals surface area contributed by atoms with Crippen LogP contribution in [0, 0.1) is 17.0 Å². The fourth-order valence-electron chi connectivity index (χ4n) is 5.47. The zero-order valence-corrected chi connectivity index (χ0v) is 22.5. The van der Waals surface area contributed by atoms with Gasteiger partial charge < -0.3 is 20.3 Å². The summed E-state index contributed by atoms with van der Waals surface area (Å²) in [5, 5.41) is 6.50. The van der Waals surface area contributed by atoms with Crippen molar-refractivity contribution in [3.63, 3.8) is 0 Å². The highest BCUT2D eigenvalue weighted by Crippen LogP contribution is 2.42. The van der Waals surface area contributed by atoms with Crippen LogP contribution in [0.1, 0.15) is 41.1 Å². The average Bonchev–Trinajstić information content (AvgIpc) is 3.71. The van der Waals surface area contributed by atoms with E-state index in [9.17, 15) is 22.6 Å². The summed E-state index contributed by atoms with van der Waals surface area (Å²) in [6.45, 7) is 3.57. The molecule has 8 nitrogen and oxygen atoms in total. The molecule has 3 atom stereocenters. The third kappa shape index (κ3) is 6.89. The summed E-state index contributed by atoms with van der Waals surface area (Å²) in [5.41, 5.74) is 1.14. The van der Waals surface area contributed by atoms with E-state index in [0.29, 0.717) is 57.8 Å². The summed E-state index contributed by atoms with van der Waals surface area (Å²) in [5.74, 6) is -0.914. The van der Waals surface area contributed by atoms with E-state index in [2.05, 4.69) is 10.6 Å². The van der Waals surface area contributed by atoms with Gasteiger partial charge in [-0.05, 0) is 67.8 Å². The quantitative estimate of drug-likeness (QED) is 0.366. The second kappa shape index (κ2) is 12.2. The molecule has 0 bridgehead atoms. The standard InChI is InChI=1S/C28H34F2N4O4S/c29-21-5-1-19(2-6-21)23-15-24(23)31-10-9-28(17-38-18-28)16-25(27(36)33-11-13-34(39-37)14-12-33)32-26(35)20-3-7-22(30)8-4-20/h1-8,23-25,31,39H,9-18H2,(H,32,35)/t23-,24+,25+/m1/s1. The normalized spacial score (nSPS) is 23.1. The van der Waals surface area contributed by atoms with Crippen molar-refractivity contribution < 1.29 is 27.3 Å². The lowest BCUT2D eigenvalue weighted by molar-refractivity contribution is -0.145. The van der Waals surface area contributed by atoms with E-state index >= 15 is 0 Å². The van der Waals surface area contributed by atoms with E-state index in [0.717, 1.165) is 24.9 Å². The van der Waals surface area contributed by atoms with E-state index in [1.165, 1.54) is 36.4 Å². The van der Waals surface area contributed by atoms with Gasteiger partial charge in [-0.15, -0.1) is 0 Å². The van der Waals surface area contributed by atoms with Crippen molar-refractivity contribution in [2.24, 2.45) is 5.41 Å². The Morgan fingerprint density at radius 1 is 1.00 bits per heavy atom. The third-order valence-electron chi connectivity index (χ3n) is 8.00. The number of piperazine rings is 1. The van der Waals surface area contributed by atoms with Gasteiger partial charge in [-0.25, -0.2) is 17.3 Å². The first-order chi connectivity index (χ1) is 18.9. The molecule has 0 spiro atoms. The lowest BCUT2D eigenvalue weighted by Gasteiger charge is -2.44. The smallest absolute Gasteiger partial charge is 0.251 e. The van der Waals surface area contributed by atoms with Crippen LogP contribution in [0.3, 0.4) is 0 Å². The van der Waals surface area contributed by atoms with Crippen molar-refractivity contribution in [3.05, 3.63) is 71.3 Å². The maximum absolute atomic E-state index is 13.6. The van der Waals surface area contributed by atoms with Gasteiger partial charge in [0.2, 0.25) is 5.91 Å². The molecular weight excluding hydrogens is 526 g/mol. The Morgan fingerprint density at radius 2 is 1.64 bits per heavy atom. The van der Waals surface area contributed by atoms with Gasteiger partial charge in [0.15, 0.2) is 0 Å². The van der Waals surface area contributed by atoms with Crippen LogP contribution in [0.5, 0.6) is 0 Å². The lowest BCUT2D eigenvalue weighted by Crippen LogP contribution is -2.57. The third-order valence-corrected chi connectivity index (χ3v) is 8.63. The van der Waals surface area contributed by atoms with Crippen LogP contribution in [0.2, 0.25) is 0 Å². The maximum Gasteiger partial charge on any atom is 0.251 e. The topological polar surface area (TPSA) is 91.0 Å². The Balaban J connectivity index is 1.21. The van der Waals surface area contributed by atoms with E-state index in [-0.39, 0.29) is 34.6 Å². The SMILES string of the molecule is O=[SH]N1CCN(C(=O)[C@H](CC2(CCN[C@H]3C[C@@H]3c3ccc(F)cc3)COC2)NC(=O)c2ccc(F)cc2)CC1. The number of carbonyl (C=O) groups is 2. The van der Waals surface area contributed by atoms with Gasteiger partial charge in [0.1, 0.15) is 17.7 Å². The molecule has 1 saturated carbocycles. The highest BCUT2D eigenvalue weighted by molar-refractivity contribution is 7.63. The molecule has 39 heavy (non-hydrogen) atoms. The van der Waals surface area contributed by atoms with Crippen LogP contribution >= 0.6 is 0 Å². The van der Waals surface area contributed by atoms with Gasteiger partial charge in [0, 0.05) is 49.1 Å². The first-order valence-corrected chi connectivity index (χ1v) is 14.1. The van der Waals surface area contributed by atoms with Crippen LogP contribution < -0.4 is 10.6 Å². The van der Waals surface area contributed by atoms with Crippen molar-refractivity contribution in [3.8, 4) is 0 Å². The first-order valence-electron chi connectivity index (χ1n) is 13.4. The monoisotopic (exact) mass is 560 g/mol. The molecule has 5 rings (SSSR count). The summed E-state index contributed by atoms with van der Waals surface area (Å²) in [6, 6.07) is 11.4. The number of hydrogen-bond acceptors (Lipinski definition) is 5. The first kappa shape index (κ1) is 27.8. The van der Waals surface area contributed by atoms with E-state index in [1.807, 2.05) is 12.1 Å². The van der Waals surface area contributed by atoms with Gasteiger partial charge in [0.25, 0.3) is 5.91 Å². The average molecular weight is 561 g/mol. The van der Waals surface area contributed by atoms with Gasteiger partial charge in [-0.1, -0.05) is 12.1 Å². The number of carbonyl (C=O) groups excluding carboxylic acids is 2. The molecule has 0 unspecified atom stereocenters. The van der Waals surface area contributed by atoms with E-state index in [1.54, 1.807) is 9.21 Å². The molecule has 2 aromatic rings. The Labute approximate surface area is 230 Å². The second-order valence-electron chi connectivity index (χ2n) is 10.8. The van der Waals surface area contributed by atoms with E-state index < -0.39 is 17.8 Å². The van der Waals surface area contributed by atoms with Crippen LogP contribution in [-0.4, -0.2) is 83.2 Å². The number of amides is 2. The minimum Gasteiger partial charge on any atom is -0.380 e. The predicted octanol–water partition coefficient (Wildman–Crippen LogP) is 2.01. The van der Waals surface area contributed by atoms with Crippen LogP contribution in [0.15, 0.2) is 48.5 Å². The Hall–Kier alpha value is -2.73. The number of halogens is 2. The zero-order chi connectivity index (χ0) is 27.4.